The molecule has 1 saturated heterocycles. The number of rotatable bonds is 7. The molecule has 1 fully saturated rings. The Morgan fingerprint density at radius 3 is 2.67 bits per heavy atom. The maximum Gasteiger partial charge on any atom is 0.229 e. The summed E-state index contributed by atoms with van der Waals surface area (Å²) in [5.41, 5.74) is 0. The second-order valence-corrected chi connectivity index (χ2v) is 6.41. The Morgan fingerprint density at radius 1 is 1.38 bits per heavy atom. The first-order valence-electron chi connectivity index (χ1n) is 7.92. The van der Waals surface area contributed by atoms with E-state index in [1.807, 2.05) is 0 Å². The Labute approximate surface area is 127 Å². The average Bonchev–Trinajstić information content (AvgIpc) is 2.90. The summed E-state index contributed by atoms with van der Waals surface area (Å²) in [5, 5.41) is 13.0. The molecule has 1 aromatic rings. The van der Waals surface area contributed by atoms with Crippen LogP contribution >= 0.6 is 0 Å². The molecule has 6 nitrogen and oxygen atoms in total. The normalized spacial score (nSPS) is 18.0. The Balaban J connectivity index is 1.73. The van der Waals surface area contributed by atoms with Crippen molar-refractivity contribution in [2.45, 2.75) is 39.2 Å². The van der Waals surface area contributed by atoms with Crippen molar-refractivity contribution in [2.75, 3.05) is 39.8 Å². The fourth-order valence-corrected chi connectivity index (χ4v) is 2.85. The van der Waals surface area contributed by atoms with Crippen molar-refractivity contribution in [3.63, 3.8) is 0 Å². The lowest BCUT2D eigenvalue weighted by atomic mass is 9.96. The van der Waals surface area contributed by atoms with E-state index in [1.54, 1.807) is 0 Å². The topological polar surface area (TPSA) is 65.6 Å². The summed E-state index contributed by atoms with van der Waals surface area (Å²) in [6.45, 7) is 9.19. The number of aliphatic hydroxyl groups excluding tert-OH is 1. The van der Waals surface area contributed by atoms with Gasteiger partial charge in [-0.2, -0.15) is 4.98 Å². The van der Waals surface area contributed by atoms with E-state index in [0.29, 0.717) is 0 Å². The first-order chi connectivity index (χ1) is 10.1. The lowest BCUT2D eigenvalue weighted by Gasteiger charge is -2.33. The van der Waals surface area contributed by atoms with E-state index < -0.39 is 0 Å². The van der Waals surface area contributed by atoms with Gasteiger partial charge in [-0.3, -0.25) is 4.90 Å². The van der Waals surface area contributed by atoms with Gasteiger partial charge in [0.2, 0.25) is 5.89 Å². The molecule has 0 spiro atoms. The van der Waals surface area contributed by atoms with Gasteiger partial charge < -0.3 is 14.5 Å². The zero-order valence-electron chi connectivity index (χ0n) is 13.5. The highest BCUT2D eigenvalue weighted by molar-refractivity contribution is 4.90. The van der Waals surface area contributed by atoms with Gasteiger partial charge >= 0.3 is 0 Å². The quantitative estimate of drug-likeness (QED) is 0.819. The van der Waals surface area contributed by atoms with E-state index in [-0.39, 0.29) is 12.5 Å². The van der Waals surface area contributed by atoms with Crippen molar-refractivity contribution >= 4 is 0 Å². The number of hydrogen-bond donors (Lipinski definition) is 1. The molecular weight excluding hydrogens is 268 g/mol. The number of hydrogen-bond acceptors (Lipinski definition) is 6. The molecule has 0 amide bonds. The van der Waals surface area contributed by atoms with Gasteiger partial charge in [0.05, 0.1) is 13.2 Å². The average molecular weight is 296 g/mol. The summed E-state index contributed by atoms with van der Waals surface area (Å²) in [6.07, 6.45) is 2.40. The zero-order chi connectivity index (χ0) is 15.2. The lowest BCUT2D eigenvalue weighted by molar-refractivity contribution is 0.128. The predicted molar refractivity (Wildman–Crippen MR) is 81.0 cm³/mol. The third kappa shape index (κ3) is 5.05. The number of aliphatic hydroxyl groups is 1. The van der Waals surface area contributed by atoms with E-state index in [2.05, 4.69) is 40.8 Å². The molecule has 0 unspecified atom stereocenters. The minimum absolute atomic E-state index is 0.264. The van der Waals surface area contributed by atoms with Crippen LogP contribution in [0.5, 0.6) is 0 Å². The van der Waals surface area contributed by atoms with Crippen LogP contribution in [0.15, 0.2) is 4.52 Å². The molecule has 120 valence electrons. The standard InChI is InChI=1S/C15H28N4O2/c1-12(2)15-16-14(17-21-15)11-18(3)10-13-4-6-19(7-5-13)8-9-20/h12-13,20H,4-11H2,1-3H3. The molecule has 1 aliphatic rings. The van der Waals surface area contributed by atoms with Crippen LogP contribution in [-0.2, 0) is 6.54 Å². The second-order valence-electron chi connectivity index (χ2n) is 6.41. The van der Waals surface area contributed by atoms with Crippen LogP contribution in [0.25, 0.3) is 0 Å². The van der Waals surface area contributed by atoms with Gasteiger partial charge in [-0.25, -0.2) is 0 Å². The monoisotopic (exact) mass is 296 g/mol. The molecule has 0 aliphatic carbocycles. The Kier molecular flexibility index (Phi) is 6.14. The largest absolute Gasteiger partial charge is 0.395 e. The van der Waals surface area contributed by atoms with E-state index >= 15 is 0 Å². The molecule has 0 saturated carbocycles. The molecule has 0 radical (unpaired) electrons. The van der Waals surface area contributed by atoms with E-state index in [9.17, 15) is 0 Å². The lowest BCUT2D eigenvalue weighted by Crippen LogP contribution is -2.39. The predicted octanol–water partition coefficient (Wildman–Crippen LogP) is 1.33. The Bertz CT molecular complexity index is 414. The summed E-state index contributed by atoms with van der Waals surface area (Å²) in [7, 11) is 2.12. The highest BCUT2D eigenvalue weighted by atomic mass is 16.5. The summed E-state index contributed by atoms with van der Waals surface area (Å²) in [6, 6.07) is 0. The van der Waals surface area contributed by atoms with Gasteiger partial charge in [0.25, 0.3) is 0 Å². The third-order valence-electron chi connectivity index (χ3n) is 4.08. The summed E-state index contributed by atoms with van der Waals surface area (Å²) in [4.78, 5) is 9.04. The second kappa shape index (κ2) is 7.87. The zero-order valence-corrected chi connectivity index (χ0v) is 13.5. The number of aromatic nitrogens is 2. The van der Waals surface area contributed by atoms with Crippen molar-refractivity contribution in [3.05, 3.63) is 11.7 Å². The van der Waals surface area contributed by atoms with Crippen LogP contribution in [0.4, 0.5) is 0 Å². The van der Waals surface area contributed by atoms with Crippen molar-refractivity contribution < 1.29 is 9.63 Å². The molecule has 0 atom stereocenters. The number of nitrogens with zero attached hydrogens (tertiary/aromatic N) is 4. The summed E-state index contributed by atoms with van der Waals surface area (Å²) in [5.74, 6) is 2.50. The molecule has 2 heterocycles. The van der Waals surface area contributed by atoms with Crippen molar-refractivity contribution in [1.29, 1.82) is 0 Å². The van der Waals surface area contributed by atoms with Crippen LogP contribution in [0.2, 0.25) is 0 Å². The minimum atomic E-state index is 0.264. The van der Waals surface area contributed by atoms with Gasteiger partial charge in [0.1, 0.15) is 0 Å². The van der Waals surface area contributed by atoms with E-state index in [1.165, 1.54) is 12.8 Å². The highest BCUT2D eigenvalue weighted by Crippen LogP contribution is 2.18. The van der Waals surface area contributed by atoms with Crippen LogP contribution < -0.4 is 0 Å². The van der Waals surface area contributed by atoms with E-state index in [0.717, 1.165) is 50.4 Å². The third-order valence-corrected chi connectivity index (χ3v) is 4.08. The van der Waals surface area contributed by atoms with Crippen LogP contribution in [0.1, 0.15) is 44.3 Å². The molecule has 21 heavy (non-hydrogen) atoms. The first-order valence-corrected chi connectivity index (χ1v) is 7.92. The maximum absolute atomic E-state index is 8.96. The maximum atomic E-state index is 8.96. The van der Waals surface area contributed by atoms with E-state index in [4.69, 9.17) is 9.63 Å². The fraction of sp³-hybridized carbons (Fsp3) is 0.867. The fourth-order valence-electron chi connectivity index (χ4n) is 2.85. The van der Waals surface area contributed by atoms with Crippen LogP contribution in [0, 0.1) is 5.92 Å². The van der Waals surface area contributed by atoms with Crippen LogP contribution in [0.3, 0.4) is 0 Å². The molecule has 0 bridgehead atoms. The van der Waals surface area contributed by atoms with Gasteiger partial charge in [-0.05, 0) is 38.9 Å². The van der Waals surface area contributed by atoms with Crippen molar-refractivity contribution in [3.8, 4) is 0 Å². The SMILES string of the molecule is CC(C)c1nc(CN(C)CC2CCN(CCO)CC2)no1. The van der Waals surface area contributed by atoms with Crippen LogP contribution in [-0.4, -0.2) is 64.9 Å². The molecule has 6 heteroatoms. The molecule has 1 N–H and O–H groups in total. The molecular formula is C15H28N4O2. The molecule has 2 rings (SSSR count). The number of β-amino-alcohol motifs (C(OH)–C–C–N with tert-alkyl or cyclic N) is 1. The Hall–Kier alpha value is -0.980. The Morgan fingerprint density at radius 2 is 2.10 bits per heavy atom. The molecule has 1 aromatic heterocycles. The van der Waals surface area contributed by atoms with Crippen molar-refractivity contribution in [1.82, 2.24) is 19.9 Å². The minimum Gasteiger partial charge on any atom is -0.395 e. The first kappa shape index (κ1) is 16.4. The van der Waals surface area contributed by atoms with Gasteiger partial charge in [-0.1, -0.05) is 19.0 Å². The molecule has 0 aromatic carbocycles. The van der Waals surface area contributed by atoms with Gasteiger partial charge in [-0.15, -0.1) is 0 Å². The van der Waals surface area contributed by atoms with Gasteiger partial charge in [0.15, 0.2) is 5.82 Å². The van der Waals surface area contributed by atoms with Crippen molar-refractivity contribution in [2.24, 2.45) is 5.92 Å². The molecule has 1 aliphatic heterocycles. The number of likely N-dealkylation sites (tertiary alicyclic amines) is 1. The summed E-state index contributed by atoms with van der Waals surface area (Å²) < 4.78 is 5.24. The smallest absolute Gasteiger partial charge is 0.229 e. The van der Waals surface area contributed by atoms with Gasteiger partial charge in [0, 0.05) is 19.0 Å². The highest BCUT2D eigenvalue weighted by Gasteiger charge is 2.20. The number of piperidine rings is 1. The summed E-state index contributed by atoms with van der Waals surface area (Å²) >= 11 is 0.